The summed E-state index contributed by atoms with van der Waals surface area (Å²) in [5.74, 6) is -0.508. The van der Waals surface area contributed by atoms with Crippen molar-refractivity contribution in [2.24, 2.45) is 0 Å². The molecule has 122 valence electrons. The molecule has 0 unspecified atom stereocenters. The zero-order valence-corrected chi connectivity index (χ0v) is 14.3. The van der Waals surface area contributed by atoms with Crippen molar-refractivity contribution in [3.63, 3.8) is 0 Å². The maximum absolute atomic E-state index is 13.2. The Morgan fingerprint density at radius 1 is 1.26 bits per heavy atom. The van der Waals surface area contributed by atoms with Gasteiger partial charge in [0.15, 0.2) is 0 Å². The Kier molecular flexibility index (Phi) is 5.99. The predicted octanol–water partition coefficient (Wildman–Crippen LogP) is 4.59. The van der Waals surface area contributed by atoms with Gasteiger partial charge in [-0.2, -0.15) is 0 Å². The van der Waals surface area contributed by atoms with Crippen LogP contribution in [0.5, 0.6) is 0 Å². The zero-order valence-electron chi connectivity index (χ0n) is 12.8. The molecule has 0 aliphatic carbocycles. The maximum Gasteiger partial charge on any atom is 0.241 e. The Labute approximate surface area is 145 Å². The number of benzene rings is 2. The van der Waals surface area contributed by atoms with E-state index in [4.69, 9.17) is 23.2 Å². The monoisotopic (exact) mass is 354 g/mol. The molecule has 23 heavy (non-hydrogen) atoms. The van der Waals surface area contributed by atoms with Crippen LogP contribution in [0, 0.1) is 5.82 Å². The van der Waals surface area contributed by atoms with Crippen molar-refractivity contribution < 1.29 is 9.18 Å². The van der Waals surface area contributed by atoms with Gasteiger partial charge in [-0.3, -0.25) is 9.69 Å². The van der Waals surface area contributed by atoms with E-state index in [2.05, 4.69) is 5.32 Å². The lowest BCUT2D eigenvalue weighted by atomic mass is 10.2. The number of hydrogen-bond acceptors (Lipinski definition) is 2. The fourth-order valence-corrected chi connectivity index (χ4v) is 2.43. The van der Waals surface area contributed by atoms with Gasteiger partial charge in [-0.1, -0.05) is 35.3 Å². The first-order chi connectivity index (χ1) is 10.9. The molecule has 0 saturated carbocycles. The number of anilines is 1. The molecule has 1 amide bonds. The van der Waals surface area contributed by atoms with Crippen LogP contribution in [-0.2, 0) is 11.3 Å². The van der Waals surface area contributed by atoms with E-state index >= 15 is 0 Å². The number of carbonyl (C=O) groups excluding carboxylic acids is 1. The lowest BCUT2D eigenvalue weighted by Crippen LogP contribution is -2.39. The lowest BCUT2D eigenvalue weighted by molar-refractivity contribution is -0.120. The third-order valence-corrected chi connectivity index (χ3v) is 4.11. The molecule has 2 aromatic rings. The third-order valence-electron chi connectivity index (χ3n) is 3.55. The number of nitrogens with zero attached hydrogens (tertiary/aromatic N) is 1. The molecular weight excluding hydrogens is 338 g/mol. The van der Waals surface area contributed by atoms with Crippen molar-refractivity contribution in [1.29, 1.82) is 0 Å². The Hall–Kier alpha value is -1.62. The van der Waals surface area contributed by atoms with Gasteiger partial charge in [0, 0.05) is 11.6 Å². The van der Waals surface area contributed by atoms with Gasteiger partial charge in [-0.05, 0) is 49.9 Å². The van der Waals surface area contributed by atoms with Crippen molar-refractivity contribution in [2.75, 3.05) is 12.4 Å². The van der Waals surface area contributed by atoms with Gasteiger partial charge < -0.3 is 5.32 Å². The molecule has 2 rings (SSSR count). The van der Waals surface area contributed by atoms with Crippen molar-refractivity contribution in [1.82, 2.24) is 4.90 Å². The van der Waals surface area contributed by atoms with Crippen LogP contribution in [0.3, 0.4) is 0 Å². The molecule has 6 heteroatoms. The molecule has 0 aliphatic heterocycles. The smallest absolute Gasteiger partial charge is 0.241 e. The van der Waals surface area contributed by atoms with Gasteiger partial charge in [-0.25, -0.2) is 4.39 Å². The molecule has 2 aromatic carbocycles. The zero-order chi connectivity index (χ0) is 17.0. The molecular formula is C17H17Cl2FN2O. The highest BCUT2D eigenvalue weighted by Crippen LogP contribution is 2.25. The minimum Gasteiger partial charge on any atom is -0.323 e. The molecule has 3 nitrogen and oxygen atoms in total. The van der Waals surface area contributed by atoms with Gasteiger partial charge in [0.1, 0.15) is 5.82 Å². The second-order valence-electron chi connectivity index (χ2n) is 5.33. The topological polar surface area (TPSA) is 32.3 Å². The number of halogens is 3. The van der Waals surface area contributed by atoms with Crippen molar-refractivity contribution in [3.05, 3.63) is 63.9 Å². The van der Waals surface area contributed by atoms with E-state index in [1.165, 1.54) is 12.1 Å². The molecule has 0 fully saturated rings. The van der Waals surface area contributed by atoms with Crippen molar-refractivity contribution in [3.8, 4) is 0 Å². The summed E-state index contributed by atoms with van der Waals surface area (Å²) in [5.41, 5.74) is 1.27. The average molecular weight is 355 g/mol. The van der Waals surface area contributed by atoms with Gasteiger partial charge in [0.05, 0.1) is 16.8 Å². The summed E-state index contributed by atoms with van der Waals surface area (Å²) in [6.45, 7) is 2.22. The van der Waals surface area contributed by atoms with Crippen LogP contribution in [-0.4, -0.2) is 23.9 Å². The average Bonchev–Trinajstić information content (AvgIpc) is 2.50. The van der Waals surface area contributed by atoms with Crippen LogP contribution in [0.4, 0.5) is 10.1 Å². The normalized spacial score (nSPS) is 12.3. The first-order valence-corrected chi connectivity index (χ1v) is 7.83. The van der Waals surface area contributed by atoms with E-state index in [1.54, 1.807) is 38.2 Å². The second kappa shape index (κ2) is 7.77. The quantitative estimate of drug-likeness (QED) is 0.851. The Morgan fingerprint density at radius 3 is 2.70 bits per heavy atom. The van der Waals surface area contributed by atoms with Crippen LogP contribution in [0.2, 0.25) is 10.0 Å². The Morgan fingerprint density at radius 2 is 2.00 bits per heavy atom. The SMILES string of the molecule is C[C@@H](C(=O)Nc1cc(Cl)ccc1Cl)N(C)Cc1cccc(F)c1. The molecule has 0 aromatic heterocycles. The number of hydrogen-bond donors (Lipinski definition) is 1. The highest BCUT2D eigenvalue weighted by molar-refractivity contribution is 6.35. The van der Waals surface area contributed by atoms with E-state index in [0.29, 0.717) is 22.3 Å². The number of amides is 1. The number of rotatable bonds is 5. The molecule has 0 heterocycles. The van der Waals surface area contributed by atoms with Crippen LogP contribution in [0.1, 0.15) is 12.5 Å². The summed E-state index contributed by atoms with van der Waals surface area (Å²) in [5, 5.41) is 3.67. The fourth-order valence-electron chi connectivity index (χ4n) is 2.09. The second-order valence-corrected chi connectivity index (χ2v) is 6.18. The highest BCUT2D eigenvalue weighted by atomic mass is 35.5. The van der Waals surface area contributed by atoms with Gasteiger partial charge in [0.2, 0.25) is 5.91 Å². The standard InChI is InChI=1S/C17H17Cl2FN2O/c1-11(22(2)10-12-4-3-5-14(20)8-12)17(23)21-16-9-13(18)6-7-15(16)19/h3-9,11H,10H2,1-2H3,(H,21,23)/t11-/m0/s1. The van der Waals surface area contributed by atoms with Crippen LogP contribution in [0.15, 0.2) is 42.5 Å². The van der Waals surface area contributed by atoms with E-state index in [0.717, 1.165) is 5.56 Å². The first-order valence-electron chi connectivity index (χ1n) is 7.07. The Balaban J connectivity index is 2.02. The molecule has 0 bridgehead atoms. The largest absolute Gasteiger partial charge is 0.323 e. The van der Waals surface area contributed by atoms with Crippen LogP contribution < -0.4 is 5.32 Å². The number of likely N-dealkylation sites (N-methyl/N-ethyl adjacent to an activating group) is 1. The summed E-state index contributed by atoms with van der Waals surface area (Å²) in [4.78, 5) is 14.2. The lowest BCUT2D eigenvalue weighted by Gasteiger charge is -2.24. The van der Waals surface area contributed by atoms with Crippen LogP contribution in [0.25, 0.3) is 0 Å². The predicted molar refractivity (Wildman–Crippen MR) is 92.4 cm³/mol. The van der Waals surface area contributed by atoms with Gasteiger partial charge in [-0.15, -0.1) is 0 Å². The summed E-state index contributed by atoms with van der Waals surface area (Å²) in [6, 6.07) is 10.8. The maximum atomic E-state index is 13.2. The van der Waals surface area contributed by atoms with Gasteiger partial charge in [0.25, 0.3) is 0 Å². The third kappa shape index (κ3) is 4.93. The molecule has 1 atom stereocenters. The molecule has 0 saturated heterocycles. The Bertz CT molecular complexity index is 709. The van der Waals surface area contributed by atoms with E-state index < -0.39 is 6.04 Å². The molecule has 0 spiro atoms. The van der Waals surface area contributed by atoms with E-state index in [9.17, 15) is 9.18 Å². The molecule has 1 N–H and O–H groups in total. The van der Waals surface area contributed by atoms with Crippen molar-refractivity contribution in [2.45, 2.75) is 19.5 Å². The van der Waals surface area contributed by atoms with Crippen LogP contribution >= 0.6 is 23.2 Å². The highest BCUT2D eigenvalue weighted by Gasteiger charge is 2.19. The molecule has 0 aliphatic rings. The van der Waals surface area contributed by atoms with E-state index in [-0.39, 0.29) is 11.7 Å². The minimum absolute atomic E-state index is 0.215. The number of nitrogens with one attached hydrogen (secondary N) is 1. The summed E-state index contributed by atoms with van der Waals surface area (Å²) in [7, 11) is 1.80. The number of carbonyl (C=O) groups is 1. The van der Waals surface area contributed by atoms with Gasteiger partial charge >= 0.3 is 0 Å². The fraction of sp³-hybridized carbons (Fsp3) is 0.235. The van der Waals surface area contributed by atoms with E-state index in [1.807, 2.05) is 11.0 Å². The molecule has 0 radical (unpaired) electrons. The summed E-state index contributed by atoms with van der Waals surface area (Å²) < 4.78 is 13.2. The van der Waals surface area contributed by atoms with Crippen molar-refractivity contribution >= 4 is 34.8 Å². The summed E-state index contributed by atoms with van der Waals surface area (Å²) >= 11 is 12.0. The summed E-state index contributed by atoms with van der Waals surface area (Å²) in [6.07, 6.45) is 0. The first kappa shape index (κ1) is 17.7. The minimum atomic E-state index is -0.423.